The van der Waals surface area contributed by atoms with Crippen LogP contribution in [-0.2, 0) is 4.79 Å². The van der Waals surface area contributed by atoms with Gasteiger partial charge >= 0.3 is 0 Å². The summed E-state index contributed by atoms with van der Waals surface area (Å²) >= 11 is 0. The van der Waals surface area contributed by atoms with Crippen molar-refractivity contribution in [2.45, 2.75) is 32.6 Å². The molecule has 9 nitrogen and oxygen atoms in total. The zero-order valence-corrected chi connectivity index (χ0v) is 18.1. The second kappa shape index (κ2) is 8.58. The van der Waals surface area contributed by atoms with Gasteiger partial charge in [-0.05, 0) is 45.4 Å². The van der Waals surface area contributed by atoms with Crippen molar-refractivity contribution in [1.29, 1.82) is 0 Å². The first-order valence-electron chi connectivity index (χ1n) is 10.7. The minimum atomic E-state index is -0.0607. The Bertz CT molecular complexity index is 1150. The van der Waals surface area contributed by atoms with Crippen LogP contribution in [0.5, 0.6) is 11.5 Å². The van der Waals surface area contributed by atoms with Gasteiger partial charge in [0, 0.05) is 36.5 Å². The summed E-state index contributed by atoms with van der Waals surface area (Å²) in [7, 11) is 0. The molecule has 32 heavy (non-hydrogen) atoms. The van der Waals surface area contributed by atoms with Gasteiger partial charge in [0.25, 0.3) is 0 Å². The monoisotopic (exact) mass is 435 g/mol. The number of hydrogen-bond donors (Lipinski definition) is 1. The maximum atomic E-state index is 12.7. The molecule has 2 aromatic heterocycles. The molecule has 0 spiro atoms. The fourth-order valence-corrected chi connectivity index (χ4v) is 4.28. The average molecular weight is 435 g/mol. The lowest BCUT2D eigenvalue weighted by Gasteiger charge is -2.32. The molecule has 2 aliphatic rings. The summed E-state index contributed by atoms with van der Waals surface area (Å²) in [6.07, 6.45) is 3.79. The maximum absolute atomic E-state index is 12.7. The van der Waals surface area contributed by atoms with E-state index in [0.29, 0.717) is 29.5 Å². The first kappa shape index (κ1) is 20.4. The third-order valence-electron chi connectivity index (χ3n) is 5.75. The van der Waals surface area contributed by atoms with Crippen LogP contribution in [0.4, 0.5) is 5.69 Å². The molecule has 5 rings (SSSR count). The number of rotatable bonds is 5. The highest BCUT2D eigenvalue weighted by Crippen LogP contribution is 2.35. The lowest BCUT2D eigenvalue weighted by atomic mass is 9.91. The normalized spacial score (nSPS) is 18.0. The molecule has 0 saturated carbocycles. The number of piperidine rings is 1. The maximum Gasteiger partial charge on any atom is 0.238 e. The third kappa shape index (κ3) is 4.29. The van der Waals surface area contributed by atoms with E-state index in [0.717, 1.165) is 48.7 Å². The summed E-state index contributed by atoms with van der Waals surface area (Å²) < 4.78 is 16.2. The quantitative estimate of drug-likeness (QED) is 0.651. The Labute approximate surface area is 185 Å². The zero-order chi connectivity index (χ0) is 22.1. The summed E-state index contributed by atoms with van der Waals surface area (Å²) in [6, 6.07) is 7.31. The molecule has 1 amide bonds. The second-order valence-corrected chi connectivity index (χ2v) is 8.24. The summed E-state index contributed by atoms with van der Waals surface area (Å²) in [6.45, 7) is 5.91. The lowest BCUT2D eigenvalue weighted by molar-refractivity contribution is -0.117. The molecule has 2 aliphatic heterocycles. The lowest BCUT2D eigenvalue weighted by Crippen LogP contribution is -2.40. The number of carbonyl (C=O) groups is 1. The number of nitrogens with zero attached hydrogens (tertiary/aromatic N) is 4. The molecule has 1 atom stereocenters. The molecule has 0 aliphatic carbocycles. The second-order valence-electron chi connectivity index (χ2n) is 8.24. The standard InChI is InChI=1S/C23H25N5O4/c1-14-8-20(32-27-14)18-10-24-15(2)25-23(18)16-4-3-7-28(11-16)12-22(29)26-17-5-6-19-21(9-17)31-13-30-19/h5-6,8-10,16H,3-4,7,11-13H2,1-2H3,(H,26,29). The minimum Gasteiger partial charge on any atom is -0.454 e. The van der Waals surface area contributed by atoms with Gasteiger partial charge in [0.2, 0.25) is 12.7 Å². The van der Waals surface area contributed by atoms with Crippen molar-refractivity contribution in [3.8, 4) is 22.8 Å². The van der Waals surface area contributed by atoms with Crippen LogP contribution in [0.15, 0.2) is 35.0 Å². The predicted octanol–water partition coefficient (Wildman–Crippen LogP) is 3.30. The molecule has 0 radical (unpaired) electrons. The van der Waals surface area contributed by atoms with E-state index in [1.165, 1.54) is 0 Å². The molecule has 4 heterocycles. The Morgan fingerprint density at radius 1 is 1.22 bits per heavy atom. The fourth-order valence-electron chi connectivity index (χ4n) is 4.28. The number of hydrogen-bond acceptors (Lipinski definition) is 8. The van der Waals surface area contributed by atoms with Crippen molar-refractivity contribution >= 4 is 11.6 Å². The van der Waals surface area contributed by atoms with Gasteiger partial charge in [0.15, 0.2) is 17.3 Å². The van der Waals surface area contributed by atoms with Gasteiger partial charge < -0.3 is 19.3 Å². The summed E-state index contributed by atoms with van der Waals surface area (Å²) in [5.74, 6) is 2.86. The Hall–Kier alpha value is -3.46. The number of fused-ring (bicyclic) bond motifs is 1. The van der Waals surface area contributed by atoms with E-state index in [2.05, 4.69) is 20.4 Å². The Kier molecular flexibility index (Phi) is 5.48. The van der Waals surface area contributed by atoms with Crippen LogP contribution in [0.2, 0.25) is 0 Å². The van der Waals surface area contributed by atoms with Crippen LogP contribution in [0, 0.1) is 13.8 Å². The number of carbonyl (C=O) groups excluding carboxylic acids is 1. The Balaban J connectivity index is 1.28. The number of benzene rings is 1. The van der Waals surface area contributed by atoms with Crippen LogP contribution in [0.1, 0.15) is 36.0 Å². The van der Waals surface area contributed by atoms with Crippen molar-refractivity contribution < 1.29 is 18.8 Å². The van der Waals surface area contributed by atoms with E-state index in [4.69, 9.17) is 19.0 Å². The molecular formula is C23H25N5O4. The Morgan fingerprint density at radius 2 is 2.09 bits per heavy atom. The number of ether oxygens (including phenoxy) is 2. The highest BCUT2D eigenvalue weighted by atomic mass is 16.7. The molecule has 3 aromatic rings. The van der Waals surface area contributed by atoms with Crippen LogP contribution in [-0.4, -0.2) is 52.4 Å². The van der Waals surface area contributed by atoms with Crippen molar-refractivity contribution in [1.82, 2.24) is 20.0 Å². The van der Waals surface area contributed by atoms with E-state index in [9.17, 15) is 4.79 Å². The van der Waals surface area contributed by atoms with E-state index < -0.39 is 0 Å². The highest BCUT2D eigenvalue weighted by Gasteiger charge is 2.27. The zero-order valence-electron chi connectivity index (χ0n) is 18.1. The molecule has 0 bridgehead atoms. The first-order valence-corrected chi connectivity index (χ1v) is 10.7. The van der Waals surface area contributed by atoms with Crippen molar-refractivity contribution in [2.24, 2.45) is 0 Å². The van der Waals surface area contributed by atoms with Gasteiger partial charge in [-0.15, -0.1) is 0 Å². The molecule has 1 saturated heterocycles. The number of aromatic nitrogens is 3. The smallest absolute Gasteiger partial charge is 0.238 e. The molecular weight excluding hydrogens is 410 g/mol. The molecule has 1 aromatic carbocycles. The molecule has 1 fully saturated rings. The molecule has 1 unspecified atom stereocenters. The summed E-state index contributed by atoms with van der Waals surface area (Å²) in [5, 5.41) is 6.96. The number of amides is 1. The number of aryl methyl sites for hydroxylation is 2. The molecule has 9 heteroatoms. The van der Waals surface area contributed by atoms with Crippen LogP contribution >= 0.6 is 0 Å². The van der Waals surface area contributed by atoms with Gasteiger partial charge in [0.05, 0.1) is 23.5 Å². The SMILES string of the molecule is Cc1cc(-c2cnc(C)nc2C2CCCN(CC(=O)Nc3ccc4c(c3)OCO4)C2)on1. The third-order valence-corrected chi connectivity index (χ3v) is 5.75. The van der Waals surface area contributed by atoms with Gasteiger partial charge in [-0.2, -0.15) is 0 Å². The van der Waals surface area contributed by atoms with Crippen molar-refractivity contribution in [2.75, 3.05) is 31.7 Å². The van der Waals surface area contributed by atoms with Crippen LogP contribution < -0.4 is 14.8 Å². The average Bonchev–Trinajstić information content (AvgIpc) is 3.42. The minimum absolute atomic E-state index is 0.0607. The number of likely N-dealkylation sites (tertiary alicyclic amines) is 1. The van der Waals surface area contributed by atoms with Crippen LogP contribution in [0.3, 0.4) is 0 Å². The number of nitrogens with one attached hydrogen (secondary N) is 1. The van der Waals surface area contributed by atoms with Gasteiger partial charge in [0.1, 0.15) is 5.82 Å². The predicted molar refractivity (Wildman–Crippen MR) is 117 cm³/mol. The van der Waals surface area contributed by atoms with Crippen LogP contribution in [0.25, 0.3) is 11.3 Å². The first-order chi connectivity index (χ1) is 15.5. The topological polar surface area (TPSA) is 103 Å². The highest BCUT2D eigenvalue weighted by molar-refractivity contribution is 5.92. The number of anilines is 1. The van der Waals surface area contributed by atoms with E-state index >= 15 is 0 Å². The van der Waals surface area contributed by atoms with Gasteiger partial charge in [-0.3, -0.25) is 9.69 Å². The summed E-state index contributed by atoms with van der Waals surface area (Å²) in [5.41, 5.74) is 3.33. The van der Waals surface area contributed by atoms with Crippen molar-refractivity contribution in [3.05, 3.63) is 47.7 Å². The Morgan fingerprint density at radius 3 is 2.94 bits per heavy atom. The van der Waals surface area contributed by atoms with E-state index in [1.54, 1.807) is 12.1 Å². The van der Waals surface area contributed by atoms with E-state index in [-0.39, 0.29) is 18.6 Å². The van der Waals surface area contributed by atoms with Gasteiger partial charge in [-0.25, -0.2) is 9.97 Å². The van der Waals surface area contributed by atoms with Gasteiger partial charge in [-0.1, -0.05) is 5.16 Å². The fraction of sp³-hybridized carbons (Fsp3) is 0.391. The largest absolute Gasteiger partial charge is 0.454 e. The molecule has 1 N–H and O–H groups in total. The van der Waals surface area contributed by atoms with Crippen molar-refractivity contribution in [3.63, 3.8) is 0 Å². The summed E-state index contributed by atoms with van der Waals surface area (Å²) in [4.78, 5) is 24.0. The molecule has 166 valence electrons. The van der Waals surface area contributed by atoms with E-state index in [1.807, 2.05) is 32.2 Å².